The van der Waals surface area contributed by atoms with Crippen LogP contribution in [-0.2, 0) is 14.8 Å². The maximum Gasteiger partial charge on any atom is 0.254 e. The quantitative estimate of drug-likeness (QED) is 0.820. The summed E-state index contributed by atoms with van der Waals surface area (Å²) in [6.45, 7) is 3.44. The van der Waals surface area contributed by atoms with Crippen LogP contribution in [0.1, 0.15) is 5.69 Å². The fourth-order valence-corrected chi connectivity index (χ4v) is 5.35. The number of hydrogen-bond donors (Lipinski definition) is 0. The van der Waals surface area contributed by atoms with Crippen LogP contribution in [0.5, 0.6) is 0 Å². The molecule has 0 radical (unpaired) electrons. The summed E-state index contributed by atoms with van der Waals surface area (Å²) < 4.78 is 32.0. The van der Waals surface area contributed by atoms with Crippen molar-refractivity contribution in [1.29, 1.82) is 0 Å². The number of nitrogens with zero attached hydrogens (tertiary/aromatic N) is 2. The SMILES string of the molecule is Cc1nc(Br)sc1S(=O)(=O)N1CCOCC1. The van der Waals surface area contributed by atoms with E-state index in [9.17, 15) is 8.42 Å². The summed E-state index contributed by atoms with van der Waals surface area (Å²) in [5, 5.41) is 0. The van der Waals surface area contributed by atoms with Gasteiger partial charge in [-0.1, -0.05) is 11.3 Å². The van der Waals surface area contributed by atoms with Crippen molar-refractivity contribution in [2.24, 2.45) is 0 Å². The van der Waals surface area contributed by atoms with Crippen molar-refractivity contribution in [3.05, 3.63) is 9.61 Å². The smallest absolute Gasteiger partial charge is 0.254 e. The van der Waals surface area contributed by atoms with Gasteiger partial charge in [0.1, 0.15) is 0 Å². The Morgan fingerprint density at radius 1 is 1.44 bits per heavy atom. The summed E-state index contributed by atoms with van der Waals surface area (Å²) in [5.74, 6) is 0. The molecule has 2 heterocycles. The van der Waals surface area contributed by atoms with E-state index in [0.29, 0.717) is 40.1 Å². The fourth-order valence-electron chi connectivity index (χ4n) is 1.49. The largest absolute Gasteiger partial charge is 0.379 e. The minimum atomic E-state index is -3.39. The molecule has 0 aromatic carbocycles. The molecule has 8 heteroatoms. The van der Waals surface area contributed by atoms with Gasteiger partial charge in [-0.3, -0.25) is 0 Å². The van der Waals surface area contributed by atoms with E-state index in [4.69, 9.17) is 4.74 Å². The molecule has 0 N–H and O–H groups in total. The molecule has 0 aliphatic carbocycles. The number of aromatic nitrogens is 1. The van der Waals surface area contributed by atoms with Crippen molar-refractivity contribution in [2.45, 2.75) is 11.1 Å². The Morgan fingerprint density at radius 3 is 2.56 bits per heavy atom. The minimum Gasteiger partial charge on any atom is -0.379 e. The Hall–Kier alpha value is -0.0200. The lowest BCUT2D eigenvalue weighted by atomic mass is 10.5. The van der Waals surface area contributed by atoms with E-state index >= 15 is 0 Å². The van der Waals surface area contributed by atoms with Crippen LogP contribution in [0.25, 0.3) is 0 Å². The van der Waals surface area contributed by atoms with Crippen molar-refractivity contribution in [3.63, 3.8) is 0 Å². The first-order valence-electron chi connectivity index (χ1n) is 4.72. The molecule has 16 heavy (non-hydrogen) atoms. The maximum absolute atomic E-state index is 12.2. The van der Waals surface area contributed by atoms with Gasteiger partial charge in [-0.25, -0.2) is 13.4 Å². The Labute approximate surface area is 107 Å². The highest BCUT2D eigenvalue weighted by molar-refractivity contribution is 9.11. The normalized spacial score (nSPS) is 18.9. The van der Waals surface area contributed by atoms with Gasteiger partial charge in [0.2, 0.25) is 0 Å². The molecule has 5 nitrogen and oxygen atoms in total. The molecule has 0 saturated carbocycles. The monoisotopic (exact) mass is 326 g/mol. The first-order chi connectivity index (χ1) is 7.51. The molecule has 1 aliphatic heterocycles. The summed E-state index contributed by atoms with van der Waals surface area (Å²) in [6, 6.07) is 0. The molecule has 0 amide bonds. The number of thiazole rings is 1. The highest BCUT2D eigenvalue weighted by Gasteiger charge is 2.30. The number of sulfonamides is 1. The van der Waals surface area contributed by atoms with E-state index in [0.717, 1.165) is 11.3 Å². The third-order valence-corrected chi connectivity index (χ3v) is 6.37. The first-order valence-corrected chi connectivity index (χ1v) is 7.77. The average molecular weight is 327 g/mol. The molecule has 2 rings (SSSR count). The van der Waals surface area contributed by atoms with Gasteiger partial charge in [-0.15, -0.1) is 0 Å². The number of morpholine rings is 1. The second-order valence-electron chi connectivity index (χ2n) is 3.36. The van der Waals surface area contributed by atoms with E-state index in [2.05, 4.69) is 20.9 Å². The van der Waals surface area contributed by atoms with Crippen LogP contribution >= 0.6 is 27.3 Å². The third kappa shape index (κ3) is 2.30. The van der Waals surface area contributed by atoms with Gasteiger partial charge < -0.3 is 4.74 Å². The van der Waals surface area contributed by atoms with Gasteiger partial charge >= 0.3 is 0 Å². The van der Waals surface area contributed by atoms with E-state index in [1.54, 1.807) is 6.92 Å². The summed E-state index contributed by atoms with van der Waals surface area (Å²) in [7, 11) is -3.39. The number of ether oxygens (including phenoxy) is 1. The average Bonchev–Trinajstić information content (AvgIpc) is 2.60. The van der Waals surface area contributed by atoms with Gasteiger partial charge in [0.15, 0.2) is 8.13 Å². The number of halogens is 1. The molecule has 0 atom stereocenters. The standard InChI is InChI=1S/C8H11BrN2O3S2/c1-6-7(15-8(9)10-6)16(12,13)11-2-4-14-5-3-11/h2-5H2,1H3. The van der Waals surface area contributed by atoms with Crippen molar-refractivity contribution in [3.8, 4) is 0 Å². The topological polar surface area (TPSA) is 59.5 Å². The molecule has 1 saturated heterocycles. The van der Waals surface area contributed by atoms with Gasteiger partial charge in [0.25, 0.3) is 10.0 Å². The number of hydrogen-bond acceptors (Lipinski definition) is 5. The fraction of sp³-hybridized carbons (Fsp3) is 0.625. The molecule has 90 valence electrons. The second kappa shape index (κ2) is 4.69. The number of rotatable bonds is 2. The Kier molecular flexibility index (Phi) is 3.65. The van der Waals surface area contributed by atoms with E-state index in [-0.39, 0.29) is 0 Å². The van der Waals surface area contributed by atoms with Crippen LogP contribution in [0.2, 0.25) is 0 Å². The maximum atomic E-state index is 12.2. The van der Waals surface area contributed by atoms with E-state index in [1.165, 1.54) is 4.31 Å². The first kappa shape index (κ1) is 12.4. The number of aryl methyl sites for hydroxylation is 1. The van der Waals surface area contributed by atoms with Crippen LogP contribution < -0.4 is 0 Å². The lowest BCUT2D eigenvalue weighted by Gasteiger charge is -2.25. The zero-order chi connectivity index (χ0) is 11.8. The zero-order valence-corrected chi connectivity index (χ0v) is 11.9. The molecular weight excluding hydrogens is 316 g/mol. The Bertz CT molecular complexity index is 479. The summed E-state index contributed by atoms with van der Waals surface area (Å²) in [5.41, 5.74) is 0.545. The molecule has 1 fully saturated rings. The molecule has 1 aliphatic rings. The van der Waals surface area contributed by atoms with Crippen molar-refractivity contribution < 1.29 is 13.2 Å². The molecule has 1 aromatic heterocycles. The van der Waals surface area contributed by atoms with Gasteiger partial charge in [-0.05, 0) is 22.9 Å². The minimum absolute atomic E-state index is 0.321. The van der Waals surface area contributed by atoms with Crippen LogP contribution in [0.3, 0.4) is 0 Å². The van der Waals surface area contributed by atoms with Crippen LogP contribution in [0.4, 0.5) is 0 Å². The van der Waals surface area contributed by atoms with Gasteiger partial charge in [0, 0.05) is 13.1 Å². The van der Waals surface area contributed by atoms with Crippen LogP contribution in [0, 0.1) is 6.92 Å². The van der Waals surface area contributed by atoms with Gasteiger partial charge in [0.05, 0.1) is 18.9 Å². The molecule has 0 bridgehead atoms. The highest BCUT2D eigenvalue weighted by Crippen LogP contribution is 2.29. The molecule has 0 spiro atoms. The third-order valence-electron chi connectivity index (χ3n) is 2.27. The van der Waals surface area contributed by atoms with Crippen molar-refractivity contribution in [1.82, 2.24) is 9.29 Å². The van der Waals surface area contributed by atoms with E-state index < -0.39 is 10.0 Å². The lowest BCUT2D eigenvalue weighted by molar-refractivity contribution is 0.0731. The summed E-state index contributed by atoms with van der Waals surface area (Å²) in [6.07, 6.45) is 0. The van der Waals surface area contributed by atoms with E-state index in [1.807, 2.05) is 0 Å². The predicted molar refractivity (Wildman–Crippen MR) is 64.1 cm³/mol. The van der Waals surface area contributed by atoms with Gasteiger partial charge in [-0.2, -0.15) is 4.31 Å². The summed E-state index contributed by atoms with van der Waals surface area (Å²) >= 11 is 4.35. The predicted octanol–water partition coefficient (Wildman–Crippen LogP) is 1.23. The van der Waals surface area contributed by atoms with Crippen molar-refractivity contribution in [2.75, 3.05) is 26.3 Å². The van der Waals surface area contributed by atoms with Crippen LogP contribution in [-0.4, -0.2) is 44.0 Å². The lowest BCUT2D eigenvalue weighted by Crippen LogP contribution is -2.40. The zero-order valence-electron chi connectivity index (χ0n) is 8.64. The second-order valence-corrected chi connectivity index (χ2v) is 7.76. The highest BCUT2D eigenvalue weighted by atomic mass is 79.9. The molecule has 0 unspecified atom stereocenters. The Morgan fingerprint density at radius 2 is 2.06 bits per heavy atom. The summed E-state index contributed by atoms with van der Waals surface area (Å²) in [4.78, 5) is 4.07. The Balaban J connectivity index is 2.34. The molecule has 1 aromatic rings. The molecular formula is C8H11BrN2O3S2. The van der Waals surface area contributed by atoms with Crippen molar-refractivity contribution >= 4 is 37.3 Å². The van der Waals surface area contributed by atoms with Crippen LogP contribution in [0.15, 0.2) is 8.13 Å².